The second-order valence-electron chi connectivity index (χ2n) is 3.87. The number of esters is 1. The highest BCUT2D eigenvalue weighted by molar-refractivity contribution is 5.75. The Balaban J connectivity index is 2.83. The van der Waals surface area contributed by atoms with Crippen molar-refractivity contribution < 1.29 is 19.7 Å². The third-order valence-corrected chi connectivity index (χ3v) is 2.67. The Morgan fingerprint density at radius 1 is 1.39 bits per heavy atom. The van der Waals surface area contributed by atoms with E-state index < -0.39 is 24.1 Å². The lowest BCUT2D eigenvalue weighted by molar-refractivity contribution is -0.157. The molecule has 0 heterocycles. The Morgan fingerprint density at radius 2 is 2.00 bits per heavy atom. The number of hydrogen-bond donors (Lipinski definition) is 2. The van der Waals surface area contributed by atoms with Gasteiger partial charge >= 0.3 is 5.97 Å². The van der Waals surface area contributed by atoms with Gasteiger partial charge in [-0.25, -0.2) is 4.79 Å². The smallest absolute Gasteiger partial charge is 0.335 e. The summed E-state index contributed by atoms with van der Waals surface area (Å²) >= 11 is 0. The summed E-state index contributed by atoms with van der Waals surface area (Å²) < 4.78 is 4.72. The van der Waals surface area contributed by atoms with Crippen LogP contribution in [0.4, 0.5) is 0 Å². The van der Waals surface area contributed by atoms with E-state index in [1.165, 1.54) is 6.08 Å². The van der Waals surface area contributed by atoms with Gasteiger partial charge in [-0.3, -0.25) is 0 Å². The standard InChI is InChI=1S/C14H18O4/c1-3-11(13(16)14(17)18-4-2)12(15)10-8-6-5-7-9-10/h3,5-9,11-13,15-16H,1,4H2,2H3/t11-,12?,13?/m1/s1. The maximum Gasteiger partial charge on any atom is 0.335 e. The lowest BCUT2D eigenvalue weighted by Gasteiger charge is -2.23. The molecular formula is C14H18O4. The molecular weight excluding hydrogens is 232 g/mol. The van der Waals surface area contributed by atoms with Gasteiger partial charge in [0.05, 0.1) is 12.7 Å². The Hall–Kier alpha value is -1.65. The zero-order valence-corrected chi connectivity index (χ0v) is 10.3. The number of aliphatic hydroxyl groups excluding tert-OH is 2. The molecule has 1 aromatic carbocycles. The SMILES string of the molecule is C=C[C@@H](C(O)C(=O)OCC)C(O)c1ccccc1. The van der Waals surface area contributed by atoms with Gasteiger partial charge in [-0.2, -0.15) is 0 Å². The molecule has 0 radical (unpaired) electrons. The largest absolute Gasteiger partial charge is 0.464 e. The molecule has 0 spiro atoms. The zero-order valence-electron chi connectivity index (χ0n) is 10.3. The normalized spacial score (nSPS) is 15.5. The monoisotopic (exact) mass is 250 g/mol. The zero-order chi connectivity index (χ0) is 13.5. The van der Waals surface area contributed by atoms with E-state index in [-0.39, 0.29) is 6.61 Å². The third-order valence-electron chi connectivity index (χ3n) is 2.67. The Labute approximate surface area is 107 Å². The van der Waals surface area contributed by atoms with Crippen LogP contribution in [0.15, 0.2) is 43.0 Å². The van der Waals surface area contributed by atoms with Crippen molar-refractivity contribution in [1.29, 1.82) is 0 Å². The molecule has 0 aliphatic carbocycles. The van der Waals surface area contributed by atoms with E-state index >= 15 is 0 Å². The van der Waals surface area contributed by atoms with Gasteiger partial charge in [-0.15, -0.1) is 6.58 Å². The maximum atomic E-state index is 11.4. The van der Waals surface area contributed by atoms with Gasteiger partial charge < -0.3 is 14.9 Å². The van der Waals surface area contributed by atoms with Crippen LogP contribution in [-0.4, -0.2) is 28.9 Å². The number of aliphatic hydroxyl groups is 2. The van der Waals surface area contributed by atoms with Crippen LogP contribution >= 0.6 is 0 Å². The van der Waals surface area contributed by atoms with Crippen molar-refractivity contribution in [2.75, 3.05) is 6.61 Å². The van der Waals surface area contributed by atoms with Crippen molar-refractivity contribution in [3.8, 4) is 0 Å². The van der Waals surface area contributed by atoms with Crippen LogP contribution in [0.3, 0.4) is 0 Å². The van der Waals surface area contributed by atoms with Gasteiger partial charge in [0, 0.05) is 5.92 Å². The van der Waals surface area contributed by atoms with Crippen LogP contribution in [0.5, 0.6) is 0 Å². The summed E-state index contributed by atoms with van der Waals surface area (Å²) in [5.74, 6) is -1.55. The van der Waals surface area contributed by atoms with Crippen molar-refractivity contribution >= 4 is 5.97 Å². The molecule has 1 aromatic rings. The second kappa shape index (κ2) is 6.93. The van der Waals surface area contributed by atoms with E-state index in [0.717, 1.165) is 0 Å². The topological polar surface area (TPSA) is 66.8 Å². The molecule has 18 heavy (non-hydrogen) atoms. The molecule has 4 heteroatoms. The summed E-state index contributed by atoms with van der Waals surface area (Å²) in [5.41, 5.74) is 0.616. The Bertz CT molecular complexity index is 388. The Kier molecular flexibility index (Phi) is 5.55. The molecule has 0 aromatic heterocycles. The molecule has 0 bridgehead atoms. The van der Waals surface area contributed by atoms with Crippen LogP contribution in [-0.2, 0) is 9.53 Å². The van der Waals surface area contributed by atoms with Gasteiger partial charge in [0.15, 0.2) is 6.10 Å². The van der Waals surface area contributed by atoms with Gasteiger partial charge in [0.1, 0.15) is 0 Å². The first-order valence-corrected chi connectivity index (χ1v) is 5.82. The molecule has 4 nitrogen and oxygen atoms in total. The highest BCUT2D eigenvalue weighted by Gasteiger charge is 2.31. The fourth-order valence-corrected chi connectivity index (χ4v) is 1.69. The summed E-state index contributed by atoms with van der Waals surface area (Å²) in [5, 5.41) is 20.0. The van der Waals surface area contributed by atoms with Crippen LogP contribution < -0.4 is 0 Å². The maximum absolute atomic E-state index is 11.4. The van der Waals surface area contributed by atoms with Crippen molar-refractivity contribution in [3.63, 3.8) is 0 Å². The van der Waals surface area contributed by atoms with Crippen LogP contribution in [0.2, 0.25) is 0 Å². The lowest BCUT2D eigenvalue weighted by Crippen LogP contribution is -2.33. The summed E-state index contributed by atoms with van der Waals surface area (Å²) in [4.78, 5) is 11.4. The first kappa shape index (κ1) is 14.4. The van der Waals surface area contributed by atoms with E-state index in [2.05, 4.69) is 6.58 Å². The van der Waals surface area contributed by atoms with Crippen LogP contribution in [0, 0.1) is 5.92 Å². The fraction of sp³-hybridized carbons (Fsp3) is 0.357. The van der Waals surface area contributed by atoms with Gasteiger partial charge in [0.25, 0.3) is 0 Å². The number of carbonyl (C=O) groups excluding carboxylic acids is 1. The first-order chi connectivity index (χ1) is 8.61. The highest BCUT2D eigenvalue weighted by atomic mass is 16.5. The van der Waals surface area contributed by atoms with Crippen LogP contribution in [0.1, 0.15) is 18.6 Å². The molecule has 2 unspecified atom stereocenters. The summed E-state index contributed by atoms with van der Waals surface area (Å²) in [7, 11) is 0. The number of rotatable bonds is 6. The molecule has 2 N–H and O–H groups in total. The molecule has 0 amide bonds. The predicted molar refractivity (Wildman–Crippen MR) is 67.7 cm³/mol. The number of hydrogen-bond acceptors (Lipinski definition) is 4. The van der Waals surface area contributed by atoms with E-state index in [1.807, 2.05) is 6.07 Å². The molecule has 0 saturated heterocycles. The minimum absolute atomic E-state index is 0.182. The van der Waals surface area contributed by atoms with Crippen molar-refractivity contribution in [2.24, 2.45) is 5.92 Å². The molecule has 1 rings (SSSR count). The average Bonchev–Trinajstić information content (AvgIpc) is 2.40. The second-order valence-corrected chi connectivity index (χ2v) is 3.87. The van der Waals surface area contributed by atoms with Gasteiger partial charge in [-0.1, -0.05) is 36.4 Å². The fourth-order valence-electron chi connectivity index (χ4n) is 1.69. The summed E-state index contributed by atoms with van der Waals surface area (Å²) in [6.07, 6.45) is -1.06. The Morgan fingerprint density at radius 3 is 2.50 bits per heavy atom. The van der Waals surface area contributed by atoms with Gasteiger partial charge in [-0.05, 0) is 12.5 Å². The number of ether oxygens (including phenoxy) is 1. The molecule has 0 saturated carbocycles. The minimum atomic E-state index is -1.42. The average molecular weight is 250 g/mol. The number of carbonyl (C=O) groups is 1. The molecule has 98 valence electrons. The molecule has 0 aliphatic heterocycles. The third kappa shape index (κ3) is 3.42. The molecule has 0 fully saturated rings. The number of benzene rings is 1. The van der Waals surface area contributed by atoms with Crippen LogP contribution in [0.25, 0.3) is 0 Å². The quantitative estimate of drug-likeness (QED) is 0.592. The predicted octanol–water partition coefficient (Wildman–Crippen LogP) is 1.45. The van der Waals surface area contributed by atoms with E-state index in [0.29, 0.717) is 5.56 Å². The van der Waals surface area contributed by atoms with Crippen molar-refractivity contribution in [1.82, 2.24) is 0 Å². The lowest BCUT2D eigenvalue weighted by atomic mass is 9.91. The summed E-state index contributed by atoms with van der Waals surface area (Å²) in [6.45, 7) is 5.38. The summed E-state index contributed by atoms with van der Waals surface area (Å²) in [6, 6.07) is 8.81. The van der Waals surface area contributed by atoms with E-state index in [9.17, 15) is 15.0 Å². The van der Waals surface area contributed by atoms with Gasteiger partial charge in [0.2, 0.25) is 0 Å². The van der Waals surface area contributed by atoms with E-state index in [4.69, 9.17) is 4.74 Å². The molecule has 0 aliphatic rings. The van der Waals surface area contributed by atoms with Crippen molar-refractivity contribution in [3.05, 3.63) is 48.6 Å². The van der Waals surface area contributed by atoms with E-state index in [1.54, 1.807) is 31.2 Å². The minimum Gasteiger partial charge on any atom is -0.464 e. The first-order valence-electron chi connectivity index (χ1n) is 5.82. The molecule has 3 atom stereocenters. The van der Waals surface area contributed by atoms with Crippen molar-refractivity contribution in [2.45, 2.75) is 19.1 Å². The highest BCUT2D eigenvalue weighted by Crippen LogP contribution is 2.26.